The fourth-order valence-electron chi connectivity index (χ4n) is 1.77. The van der Waals surface area contributed by atoms with Gasteiger partial charge >= 0.3 is 5.97 Å². The van der Waals surface area contributed by atoms with Crippen LogP contribution in [0.3, 0.4) is 0 Å². The van der Waals surface area contributed by atoms with Crippen LogP contribution in [0.1, 0.15) is 21.6 Å². The van der Waals surface area contributed by atoms with Crippen molar-refractivity contribution in [2.45, 2.75) is 13.5 Å². The molecule has 0 aliphatic carbocycles. The van der Waals surface area contributed by atoms with E-state index < -0.39 is 11.5 Å². The van der Waals surface area contributed by atoms with E-state index in [1.54, 1.807) is 25.1 Å². The highest BCUT2D eigenvalue weighted by molar-refractivity contribution is 6.35. The summed E-state index contributed by atoms with van der Waals surface area (Å²) in [5, 5.41) is 13.8. The Morgan fingerprint density at radius 3 is 2.50 bits per heavy atom. The Labute approximate surface area is 124 Å². The molecule has 0 bridgehead atoms. The van der Waals surface area contributed by atoms with Gasteiger partial charge in [-0.2, -0.15) is 5.10 Å². The van der Waals surface area contributed by atoms with Crippen LogP contribution in [0.15, 0.2) is 29.1 Å². The van der Waals surface area contributed by atoms with Crippen LogP contribution in [0.25, 0.3) is 0 Å². The zero-order valence-electron chi connectivity index (χ0n) is 10.4. The van der Waals surface area contributed by atoms with Gasteiger partial charge in [0.15, 0.2) is 0 Å². The molecule has 0 saturated heterocycles. The molecule has 1 N–H and O–H groups in total. The monoisotopic (exact) mass is 312 g/mol. The third-order valence-corrected chi connectivity index (χ3v) is 3.40. The second-order valence-corrected chi connectivity index (χ2v) is 4.98. The van der Waals surface area contributed by atoms with Crippen LogP contribution in [0.4, 0.5) is 0 Å². The highest BCUT2D eigenvalue weighted by Gasteiger charge is 2.15. The van der Waals surface area contributed by atoms with E-state index in [0.717, 1.165) is 4.68 Å². The summed E-state index contributed by atoms with van der Waals surface area (Å²) in [7, 11) is 0. The van der Waals surface area contributed by atoms with Crippen molar-refractivity contribution in [3.63, 3.8) is 0 Å². The van der Waals surface area contributed by atoms with E-state index in [0.29, 0.717) is 21.3 Å². The quantitative estimate of drug-likeness (QED) is 0.945. The average Bonchev–Trinajstić information content (AvgIpc) is 2.37. The first-order valence-electron chi connectivity index (χ1n) is 5.65. The number of hydrogen-bond acceptors (Lipinski definition) is 3. The number of benzene rings is 1. The minimum atomic E-state index is -1.29. The van der Waals surface area contributed by atoms with E-state index in [1.165, 1.54) is 6.07 Å². The molecule has 0 aliphatic heterocycles. The molecule has 0 unspecified atom stereocenters. The van der Waals surface area contributed by atoms with Crippen LogP contribution in [0.2, 0.25) is 10.0 Å². The van der Waals surface area contributed by atoms with Crippen molar-refractivity contribution in [1.29, 1.82) is 0 Å². The van der Waals surface area contributed by atoms with E-state index in [-0.39, 0.29) is 12.1 Å². The summed E-state index contributed by atoms with van der Waals surface area (Å²) in [5.41, 5.74) is -0.0858. The van der Waals surface area contributed by atoms with Crippen molar-refractivity contribution >= 4 is 29.2 Å². The molecule has 0 atom stereocenters. The van der Waals surface area contributed by atoms with Crippen LogP contribution in [-0.2, 0) is 6.54 Å². The number of aryl methyl sites for hydroxylation is 1. The third-order valence-electron chi connectivity index (χ3n) is 2.70. The molecule has 0 saturated carbocycles. The SMILES string of the molecule is Cc1cc(C(=O)O)c(=O)n(Cc2c(Cl)cccc2Cl)n1. The Morgan fingerprint density at radius 1 is 1.35 bits per heavy atom. The van der Waals surface area contributed by atoms with Gasteiger partial charge in [-0.15, -0.1) is 0 Å². The van der Waals surface area contributed by atoms with Crippen molar-refractivity contribution < 1.29 is 9.90 Å². The van der Waals surface area contributed by atoms with Gasteiger partial charge < -0.3 is 5.11 Å². The molecule has 2 rings (SSSR count). The van der Waals surface area contributed by atoms with Gasteiger partial charge in [0.2, 0.25) is 0 Å². The Bertz CT molecular complexity index is 721. The van der Waals surface area contributed by atoms with Crippen LogP contribution in [0, 0.1) is 6.92 Å². The number of halogens is 2. The molecule has 104 valence electrons. The number of nitrogens with zero attached hydrogens (tertiary/aromatic N) is 2. The Balaban J connectivity index is 2.55. The summed E-state index contributed by atoms with van der Waals surface area (Å²) >= 11 is 12.1. The Morgan fingerprint density at radius 2 is 1.95 bits per heavy atom. The van der Waals surface area contributed by atoms with Gasteiger partial charge in [0.25, 0.3) is 5.56 Å². The van der Waals surface area contributed by atoms with E-state index in [1.807, 2.05) is 0 Å². The highest BCUT2D eigenvalue weighted by atomic mass is 35.5. The lowest BCUT2D eigenvalue weighted by molar-refractivity contribution is 0.0693. The van der Waals surface area contributed by atoms with Gasteiger partial charge in [0, 0.05) is 15.6 Å². The number of rotatable bonds is 3. The van der Waals surface area contributed by atoms with Gasteiger partial charge in [0.1, 0.15) is 5.56 Å². The van der Waals surface area contributed by atoms with Crippen LogP contribution < -0.4 is 5.56 Å². The van der Waals surface area contributed by atoms with Crippen LogP contribution >= 0.6 is 23.2 Å². The Hall–Kier alpha value is -1.85. The second kappa shape index (κ2) is 5.64. The smallest absolute Gasteiger partial charge is 0.341 e. The summed E-state index contributed by atoms with van der Waals surface area (Å²) in [5.74, 6) is -1.29. The number of aromatic carboxylic acids is 1. The molecular weight excluding hydrogens is 303 g/mol. The standard InChI is InChI=1S/C13H10Cl2N2O3/c1-7-5-8(13(19)20)12(18)17(16-7)6-9-10(14)3-2-4-11(9)15/h2-5H,6H2,1H3,(H,19,20). The highest BCUT2D eigenvalue weighted by Crippen LogP contribution is 2.24. The van der Waals surface area contributed by atoms with Gasteiger partial charge in [-0.05, 0) is 25.1 Å². The molecular formula is C13H10Cl2N2O3. The number of hydrogen-bond donors (Lipinski definition) is 1. The zero-order valence-corrected chi connectivity index (χ0v) is 11.9. The molecule has 5 nitrogen and oxygen atoms in total. The third kappa shape index (κ3) is 2.84. The van der Waals surface area contributed by atoms with Gasteiger partial charge in [-0.1, -0.05) is 29.3 Å². The second-order valence-electron chi connectivity index (χ2n) is 4.17. The normalized spacial score (nSPS) is 10.6. The van der Waals surface area contributed by atoms with Gasteiger partial charge in [-0.3, -0.25) is 4.79 Å². The molecule has 0 fully saturated rings. The predicted molar refractivity (Wildman–Crippen MR) is 75.8 cm³/mol. The predicted octanol–water partition coefficient (Wildman–Crippen LogP) is 2.61. The fraction of sp³-hybridized carbons (Fsp3) is 0.154. The van der Waals surface area contributed by atoms with E-state index >= 15 is 0 Å². The molecule has 0 radical (unpaired) electrons. The summed E-state index contributed by atoms with van der Waals surface area (Å²) in [4.78, 5) is 23.0. The molecule has 0 aliphatic rings. The van der Waals surface area contributed by atoms with Crippen molar-refractivity contribution in [1.82, 2.24) is 9.78 Å². The van der Waals surface area contributed by atoms with Crippen molar-refractivity contribution in [2.24, 2.45) is 0 Å². The minimum Gasteiger partial charge on any atom is -0.477 e. The van der Waals surface area contributed by atoms with Crippen LogP contribution in [0.5, 0.6) is 0 Å². The summed E-state index contributed by atoms with van der Waals surface area (Å²) in [6.45, 7) is 1.62. The van der Waals surface area contributed by atoms with Crippen molar-refractivity contribution in [3.8, 4) is 0 Å². The van der Waals surface area contributed by atoms with E-state index in [4.69, 9.17) is 28.3 Å². The average molecular weight is 313 g/mol. The fourth-order valence-corrected chi connectivity index (χ4v) is 2.28. The molecule has 20 heavy (non-hydrogen) atoms. The van der Waals surface area contributed by atoms with Crippen LogP contribution in [-0.4, -0.2) is 20.9 Å². The van der Waals surface area contributed by atoms with Gasteiger partial charge in [0.05, 0.1) is 12.2 Å². The first-order chi connectivity index (χ1) is 9.40. The maximum absolute atomic E-state index is 12.0. The van der Waals surface area contributed by atoms with Crippen molar-refractivity contribution in [3.05, 3.63) is 61.5 Å². The maximum atomic E-state index is 12.0. The first-order valence-corrected chi connectivity index (χ1v) is 6.40. The Kier molecular flexibility index (Phi) is 4.11. The number of carboxylic acids is 1. The minimum absolute atomic E-state index is 0.0132. The lowest BCUT2D eigenvalue weighted by atomic mass is 10.2. The summed E-state index contributed by atoms with van der Waals surface area (Å²) < 4.78 is 1.05. The largest absolute Gasteiger partial charge is 0.477 e. The number of carbonyl (C=O) groups is 1. The topological polar surface area (TPSA) is 72.2 Å². The number of carboxylic acid groups (broad SMARTS) is 1. The lowest BCUT2D eigenvalue weighted by Gasteiger charge is -2.10. The summed E-state index contributed by atoms with van der Waals surface area (Å²) in [6.07, 6.45) is 0. The molecule has 1 aromatic carbocycles. The lowest BCUT2D eigenvalue weighted by Crippen LogP contribution is -2.29. The molecule has 0 spiro atoms. The first kappa shape index (κ1) is 14.6. The molecule has 0 amide bonds. The zero-order chi connectivity index (χ0) is 14.9. The number of aromatic nitrogens is 2. The van der Waals surface area contributed by atoms with E-state index in [9.17, 15) is 9.59 Å². The van der Waals surface area contributed by atoms with Gasteiger partial charge in [-0.25, -0.2) is 9.48 Å². The maximum Gasteiger partial charge on any atom is 0.341 e. The van der Waals surface area contributed by atoms with E-state index in [2.05, 4.69) is 5.10 Å². The summed E-state index contributed by atoms with van der Waals surface area (Å²) in [6, 6.07) is 6.20. The molecule has 1 heterocycles. The molecule has 1 aromatic heterocycles. The molecule has 7 heteroatoms. The molecule has 2 aromatic rings. The van der Waals surface area contributed by atoms with Crippen molar-refractivity contribution in [2.75, 3.05) is 0 Å².